The predicted octanol–water partition coefficient (Wildman–Crippen LogP) is 2.96. The Morgan fingerprint density at radius 1 is 1.24 bits per heavy atom. The van der Waals surface area contributed by atoms with Crippen LogP contribution in [0.5, 0.6) is 0 Å². The van der Waals surface area contributed by atoms with E-state index in [1.54, 1.807) is 6.92 Å². The molecular formula is C13H20N2O2. The lowest BCUT2D eigenvalue weighted by Gasteiger charge is -2.12. The van der Waals surface area contributed by atoms with Crippen molar-refractivity contribution in [1.29, 1.82) is 0 Å². The van der Waals surface area contributed by atoms with Crippen molar-refractivity contribution in [3.8, 4) is 0 Å². The van der Waals surface area contributed by atoms with E-state index in [9.17, 15) is 4.79 Å². The van der Waals surface area contributed by atoms with Gasteiger partial charge in [0.25, 0.3) is 0 Å². The van der Waals surface area contributed by atoms with Crippen molar-refractivity contribution in [2.45, 2.75) is 33.6 Å². The molecule has 0 saturated heterocycles. The van der Waals surface area contributed by atoms with Gasteiger partial charge in [-0.1, -0.05) is 13.8 Å². The summed E-state index contributed by atoms with van der Waals surface area (Å²) in [6.07, 6.45) is 1.26. The summed E-state index contributed by atoms with van der Waals surface area (Å²) in [5.41, 5.74) is 9.69. The summed E-state index contributed by atoms with van der Waals surface area (Å²) in [5, 5.41) is 2.70. The van der Waals surface area contributed by atoms with Crippen LogP contribution >= 0.6 is 0 Å². The van der Waals surface area contributed by atoms with Crippen LogP contribution in [0.3, 0.4) is 0 Å². The number of nitrogens with one attached hydrogen (secondary N) is 1. The average molecular weight is 236 g/mol. The molecule has 0 unspecified atom stereocenters. The second kappa shape index (κ2) is 6.13. The van der Waals surface area contributed by atoms with Crippen LogP contribution in [0.1, 0.15) is 31.9 Å². The van der Waals surface area contributed by atoms with Gasteiger partial charge < -0.3 is 10.5 Å². The number of hydrogen-bond donors (Lipinski definition) is 2. The van der Waals surface area contributed by atoms with E-state index < -0.39 is 6.09 Å². The van der Waals surface area contributed by atoms with Crippen LogP contribution in [0.25, 0.3) is 0 Å². The molecule has 1 rings (SSSR count). The number of hydrogen-bond acceptors (Lipinski definition) is 3. The van der Waals surface area contributed by atoms with Crippen LogP contribution in [0.4, 0.5) is 16.2 Å². The highest BCUT2D eigenvalue weighted by Gasteiger charge is 2.08. The van der Waals surface area contributed by atoms with E-state index in [0.717, 1.165) is 35.3 Å². The second-order valence-corrected chi connectivity index (χ2v) is 3.76. The SMILES string of the molecule is CCOC(=O)Nc1cc(CC)c(N)c(CC)c1. The van der Waals surface area contributed by atoms with Crippen LogP contribution in [0.15, 0.2) is 12.1 Å². The molecule has 4 heteroatoms. The first-order valence-corrected chi connectivity index (χ1v) is 5.97. The molecule has 0 spiro atoms. The number of ether oxygens (including phenoxy) is 1. The number of benzene rings is 1. The highest BCUT2D eigenvalue weighted by Crippen LogP contribution is 2.24. The molecule has 0 fully saturated rings. The summed E-state index contributed by atoms with van der Waals surface area (Å²) >= 11 is 0. The van der Waals surface area contributed by atoms with Gasteiger partial charge in [0.15, 0.2) is 0 Å². The van der Waals surface area contributed by atoms with Crippen molar-refractivity contribution < 1.29 is 9.53 Å². The lowest BCUT2D eigenvalue weighted by Crippen LogP contribution is -2.14. The molecule has 0 heterocycles. The van der Waals surface area contributed by atoms with Crippen molar-refractivity contribution in [1.82, 2.24) is 0 Å². The standard InChI is InChI=1S/C13H20N2O2/c1-4-9-7-11(15-13(16)17-6-3)8-10(5-2)12(9)14/h7-8H,4-6,14H2,1-3H3,(H,15,16). The molecule has 1 aromatic carbocycles. The molecule has 0 bridgehead atoms. The van der Waals surface area contributed by atoms with Crippen molar-refractivity contribution in [3.63, 3.8) is 0 Å². The van der Waals surface area contributed by atoms with Gasteiger partial charge in [0, 0.05) is 11.4 Å². The van der Waals surface area contributed by atoms with Gasteiger partial charge in [0.1, 0.15) is 0 Å². The highest BCUT2D eigenvalue weighted by molar-refractivity contribution is 5.85. The lowest BCUT2D eigenvalue weighted by molar-refractivity contribution is 0.168. The first-order chi connectivity index (χ1) is 8.12. The number of anilines is 2. The van der Waals surface area contributed by atoms with Gasteiger partial charge in [0.05, 0.1) is 6.61 Å². The maximum atomic E-state index is 11.3. The summed E-state index contributed by atoms with van der Waals surface area (Å²) in [4.78, 5) is 11.3. The number of carbonyl (C=O) groups excluding carboxylic acids is 1. The van der Waals surface area contributed by atoms with Gasteiger partial charge >= 0.3 is 6.09 Å². The molecule has 0 atom stereocenters. The summed E-state index contributed by atoms with van der Waals surface area (Å²) < 4.78 is 4.84. The summed E-state index contributed by atoms with van der Waals surface area (Å²) in [7, 11) is 0. The zero-order valence-electron chi connectivity index (χ0n) is 10.7. The van der Waals surface area contributed by atoms with E-state index in [2.05, 4.69) is 5.32 Å². The van der Waals surface area contributed by atoms with Crippen LogP contribution in [-0.2, 0) is 17.6 Å². The Kier molecular flexibility index (Phi) is 4.82. The van der Waals surface area contributed by atoms with Crippen LogP contribution in [0.2, 0.25) is 0 Å². The van der Waals surface area contributed by atoms with E-state index >= 15 is 0 Å². The number of aryl methyl sites for hydroxylation is 2. The number of amides is 1. The summed E-state index contributed by atoms with van der Waals surface area (Å²) in [5.74, 6) is 0. The first-order valence-electron chi connectivity index (χ1n) is 5.97. The molecule has 1 amide bonds. The van der Waals surface area contributed by atoms with Crippen LogP contribution in [0, 0.1) is 0 Å². The number of nitrogen functional groups attached to an aromatic ring is 1. The van der Waals surface area contributed by atoms with Crippen LogP contribution < -0.4 is 11.1 Å². The zero-order valence-corrected chi connectivity index (χ0v) is 10.7. The Bertz CT molecular complexity index is 377. The Hall–Kier alpha value is -1.71. The molecule has 0 aliphatic carbocycles. The lowest BCUT2D eigenvalue weighted by atomic mass is 10.0. The maximum absolute atomic E-state index is 11.3. The van der Waals surface area contributed by atoms with Gasteiger partial charge in [0.2, 0.25) is 0 Å². The topological polar surface area (TPSA) is 64.3 Å². The Morgan fingerprint density at radius 3 is 2.18 bits per heavy atom. The molecule has 1 aromatic rings. The Balaban J connectivity index is 2.96. The zero-order chi connectivity index (χ0) is 12.8. The minimum atomic E-state index is -0.429. The van der Waals surface area contributed by atoms with Crippen molar-refractivity contribution in [2.24, 2.45) is 0 Å². The third-order valence-corrected chi connectivity index (χ3v) is 2.64. The third kappa shape index (κ3) is 3.37. The first kappa shape index (κ1) is 13.4. The van der Waals surface area contributed by atoms with Gasteiger partial charge in [-0.05, 0) is 43.0 Å². The fourth-order valence-electron chi connectivity index (χ4n) is 1.72. The minimum Gasteiger partial charge on any atom is -0.450 e. The van der Waals surface area contributed by atoms with Gasteiger partial charge in [-0.25, -0.2) is 4.79 Å². The van der Waals surface area contributed by atoms with Gasteiger partial charge in [-0.2, -0.15) is 0 Å². The van der Waals surface area contributed by atoms with Crippen molar-refractivity contribution in [2.75, 3.05) is 17.7 Å². The van der Waals surface area contributed by atoms with Gasteiger partial charge in [-0.3, -0.25) is 5.32 Å². The largest absolute Gasteiger partial charge is 0.450 e. The normalized spacial score (nSPS) is 10.1. The quantitative estimate of drug-likeness (QED) is 0.790. The van der Waals surface area contributed by atoms with Gasteiger partial charge in [-0.15, -0.1) is 0 Å². The number of nitrogens with two attached hydrogens (primary N) is 1. The molecule has 0 aliphatic rings. The minimum absolute atomic E-state index is 0.363. The molecule has 94 valence electrons. The Labute approximate surface area is 102 Å². The number of rotatable bonds is 4. The van der Waals surface area contributed by atoms with Crippen molar-refractivity contribution >= 4 is 17.5 Å². The predicted molar refractivity (Wildman–Crippen MR) is 70.3 cm³/mol. The average Bonchev–Trinajstić information content (AvgIpc) is 2.31. The molecule has 0 aliphatic heterocycles. The molecule has 0 aromatic heterocycles. The van der Waals surface area contributed by atoms with E-state index in [1.807, 2.05) is 26.0 Å². The molecule has 0 radical (unpaired) electrons. The smallest absolute Gasteiger partial charge is 0.411 e. The van der Waals surface area contributed by atoms with Crippen molar-refractivity contribution in [3.05, 3.63) is 23.3 Å². The van der Waals surface area contributed by atoms with E-state index in [1.165, 1.54) is 0 Å². The van der Waals surface area contributed by atoms with Crippen LogP contribution in [-0.4, -0.2) is 12.7 Å². The monoisotopic (exact) mass is 236 g/mol. The molecule has 3 N–H and O–H groups in total. The fraction of sp³-hybridized carbons (Fsp3) is 0.462. The maximum Gasteiger partial charge on any atom is 0.411 e. The highest BCUT2D eigenvalue weighted by atomic mass is 16.5. The van der Waals surface area contributed by atoms with E-state index in [0.29, 0.717) is 6.61 Å². The Morgan fingerprint density at radius 2 is 1.76 bits per heavy atom. The second-order valence-electron chi connectivity index (χ2n) is 3.76. The van der Waals surface area contributed by atoms with E-state index in [4.69, 9.17) is 10.5 Å². The molecule has 17 heavy (non-hydrogen) atoms. The number of carbonyl (C=O) groups is 1. The molecular weight excluding hydrogens is 216 g/mol. The fourth-order valence-corrected chi connectivity index (χ4v) is 1.72. The molecule has 4 nitrogen and oxygen atoms in total. The van der Waals surface area contributed by atoms with E-state index in [-0.39, 0.29) is 0 Å². The third-order valence-electron chi connectivity index (χ3n) is 2.64. The summed E-state index contributed by atoms with van der Waals surface area (Å²) in [6, 6.07) is 3.79. The summed E-state index contributed by atoms with van der Waals surface area (Å²) in [6.45, 7) is 6.22. The molecule has 0 saturated carbocycles.